The molecule has 0 aromatic rings. The summed E-state index contributed by atoms with van der Waals surface area (Å²) in [4.78, 5) is 14.6. The van der Waals surface area contributed by atoms with E-state index in [1.807, 2.05) is 13.8 Å². The molecule has 1 saturated heterocycles. The summed E-state index contributed by atoms with van der Waals surface area (Å²) < 4.78 is 0. The first-order valence-corrected chi connectivity index (χ1v) is 6.24. The van der Waals surface area contributed by atoms with E-state index in [0.717, 1.165) is 13.1 Å². The van der Waals surface area contributed by atoms with Gasteiger partial charge in [-0.3, -0.25) is 4.79 Å². The molecule has 1 amide bonds. The monoisotopic (exact) mass is 224 g/mol. The molecule has 2 fully saturated rings. The van der Waals surface area contributed by atoms with Gasteiger partial charge in [-0.25, -0.2) is 0 Å². The lowest BCUT2D eigenvalue weighted by atomic mass is 9.98. The van der Waals surface area contributed by atoms with Crippen molar-refractivity contribution >= 4 is 5.91 Å². The van der Waals surface area contributed by atoms with Crippen LogP contribution >= 0.6 is 0 Å². The summed E-state index contributed by atoms with van der Waals surface area (Å²) in [6.45, 7) is 12.3. The van der Waals surface area contributed by atoms with E-state index in [4.69, 9.17) is 0 Å². The maximum atomic E-state index is 12.5. The van der Waals surface area contributed by atoms with Crippen LogP contribution in [-0.2, 0) is 4.79 Å². The molecule has 1 aliphatic carbocycles. The maximum absolute atomic E-state index is 12.5. The molecule has 0 aromatic heterocycles. The van der Waals surface area contributed by atoms with Gasteiger partial charge in [0.1, 0.15) is 0 Å². The minimum absolute atomic E-state index is 0.0734. The molecule has 3 heteroatoms. The van der Waals surface area contributed by atoms with Crippen molar-refractivity contribution in [3.8, 4) is 0 Å². The minimum atomic E-state index is -0.417. The van der Waals surface area contributed by atoms with Gasteiger partial charge in [0.2, 0.25) is 5.91 Å². The zero-order valence-electron chi connectivity index (χ0n) is 11.2. The highest BCUT2D eigenvalue weighted by Crippen LogP contribution is 2.48. The second-order valence-electron chi connectivity index (χ2n) is 7.04. The van der Waals surface area contributed by atoms with Crippen molar-refractivity contribution in [1.29, 1.82) is 0 Å². The van der Waals surface area contributed by atoms with Crippen LogP contribution in [0.2, 0.25) is 0 Å². The zero-order chi connectivity index (χ0) is 12.2. The lowest BCUT2D eigenvalue weighted by Crippen LogP contribution is -2.56. The third-order valence-corrected chi connectivity index (χ3v) is 3.95. The summed E-state index contributed by atoms with van der Waals surface area (Å²) in [6, 6.07) is 0. The number of nitrogens with one attached hydrogen (secondary N) is 1. The Balaban J connectivity index is 2.29. The molecule has 0 radical (unpaired) electrons. The third-order valence-electron chi connectivity index (χ3n) is 3.95. The highest BCUT2D eigenvalue weighted by atomic mass is 16.2. The molecule has 92 valence electrons. The largest absolute Gasteiger partial charge is 0.336 e. The van der Waals surface area contributed by atoms with Crippen molar-refractivity contribution in [1.82, 2.24) is 10.2 Å². The second-order valence-corrected chi connectivity index (χ2v) is 7.04. The average molecular weight is 224 g/mol. The molecule has 0 unspecified atom stereocenters. The normalized spacial score (nSPS) is 28.1. The smallest absolute Gasteiger partial charge is 0.242 e. The van der Waals surface area contributed by atoms with Crippen LogP contribution in [-0.4, -0.2) is 35.0 Å². The molecular weight excluding hydrogens is 200 g/mol. The van der Waals surface area contributed by atoms with Gasteiger partial charge in [-0.1, -0.05) is 0 Å². The highest BCUT2D eigenvalue weighted by molar-refractivity contribution is 5.86. The van der Waals surface area contributed by atoms with E-state index in [-0.39, 0.29) is 11.4 Å². The highest BCUT2D eigenvalue weighted by Gasteiger charge is 2.51. The quantitative estimate of drug-likeness (QED) is 0.680. The van der Waals surface area contributed by atoms with Gasteiger partial charge >= 0.3 is 0 Å². The van der Waals surface area contributed by atoms with Crippen molar-refractivity contribution in [3.63, 3.8) is 0 Å². The van der Waals surface area contributed by atoms with Gasteiger partial charge < -0.3 is 10.2 Å². The van der Waals surface area contributed by atoms with Crippen LogP contribution in [0.3, 0.4) is 0 Å². The predicted molar refractivity (Wildman–Crippen MR) is 65.2 cm³/mol. The van der Waals surface area contributed by atoms with Gasteiger partial charge in [0.15, 0.2) is 0 Å². The summed E-state index contributed by atoms with van der Waals surface area (Å²) in [5.41, 5.74) is -0.119. The lowest BCUT2D eigenvalue weighted by Gasteiger charge is -2.39. The maximum Gasteiger partial charge on any atom is 0.242 e. The van der Waals surface area contributed by atoms with Crippen molar-refractivity contribution < 1.29 is 4.79 Å². The molecule has 3 nitrogen and oxygen atoms in total. The molecule has 1 saturated carbocycles. The van der Waals surface area contributed by atoms with E-state index < -0.39 is 5.54 Å². The predicted octanol–water partition coefficient (Wildman–Crippen LogP) is 1.78. The number of carbonyl (C=O) groups excluding carboxylic acids is 1. The van der Waals surface area contributed by atoms with Crippen LogP contribution in [0.1, 0.15) is 47.5 Å². The van der Waals surface area contributed by atoms with Crippen molar-refractivity contribution in [2.24, 2.45) is 5.41 Å². The fourth-order valence-electron chi connectivity index (χ4n) is 2.34. The Hall–Kier alpha value is -0.570. The topological polar surface area (TPSA) is 32.3 Å². The van der Waals surface area contributed by atoms with E-state index >= 15 is 0 Å². The van der Waals surface area contributed by atoms with Gasteiger partial charge in [0.25, 0.3) is 0 Å². The Morgan fingerprint density at radius 2 is 1.81 bits per heavy atom. The number of hydrogen-bond donors (Lipinski definition) is 1. The molecule has 1 heterocycles. The molecule has 0 bridgehead atoms. The van der Waals surface area contributed by atoms with Gasteiger partial charge in [0.05, 0.1) is 5.54 Å². The summed E-state index contributed by atoms with van der Waals surface area (Å²) in [7, 11) is 0. The number of carbonyl (C=O) groups is 1. The number of nitrogens with zero attached hydrogens (tertiary/aromatic N) is 1. The third kappa shape index (κ3) is 1.97. The van der Waals surface area contributed by atoms with Crippen LogP contribution in [0.5, 0.6) is 0 Å². The van der Waals surface area contributed by atoms with Crippen LogP contribution in [0, 0.1) is 5.41 Å². The molecular formula is C13H24N2O. The Bertz CT molecular complexity index is 310. The van der Waals surface area contributed by atoms with Gasteiger partial charge in [-0.05, 0) is 47.5 Å². The van der Waals surface area contributed by atoms with Crippen molar-refractivity contribution in [2.75, 3.05) is 13.1 Å². The van der Waals surface area contributed by atoms with E-state index in [0.29, 0.717) is 5.41 Å². The summed E-state index contributed by atoms with van der Waals surface area (Å²) in [6.07, 6.45) is 2.52. The fourth-order valence-corrected chi connectivity index (χ4v) is 2.34. The first kappa shape index (κ1) is 11.9. The van der Waals surface area contributed by atoms with Crippen molar-refractivity contribution in [3.05, 3.63) is 0 Å². The molecule has 1 spiro atoms. The second kappa shape index (κ2) is 3.22. The number of rotatable bonds is 0. The van der Waals surface area contributed by atoms with Crippen LogP contribution in [0.4, 0.5) is 0 Å². The molecule has 0 aromatic carbocycles. The van der Waals surface area contributed by atoms with Gasteiger partial charge in [0, 0.05) is 24.0 Å². The van der Waals surface area contributed by atoms with Gasteiger partial charge in [-0.2, -0.15) is 0 Å². The van der Waals surface area contributed by atoms with E-state index in [1.165, 1.54) is 12.8 Å². The first-order valence-electron chi connectivity index (χ1n) is 6.24. The van der Waals surface area contributed by atoms with Gasteiger partial charge in [-0.15, -0.1) is 0 Å². The Labute approximate surface area is 98.6 Å². The Morgan fingerprint density at radius 3 is 2.25 bits per heavy atom. The SMILES string of the molecule is CC1(C)NCC2(CC2)CN(C(C)(C)C)C1=O. The minimum Gasteiger partial charge on any atom is -0.336 e. The van der Waals surface area contributed by atoms with Crippen molar-refractivity contribution in [2.45, 2.75) is 58.5 Å². The Kier molecular flexibility index (Phi) is 2.40. The van der Waals surface area contributed by atoms with Crippen LogP contribution in [0.15, 0.2) is 0 Å². The van der Waals surface area contributed by atoms with E-state index in [2.05, 4.69) is 31.0 Å². The average Bonchev–Trinajstić information content (AvgIpc) is 2.89. The molecule has 1 aliphatic heterocycles. The van der Waals surface area contributed by atoms with Crippen LogP contribution in [0.25, 0.3) is 0 Å². The lowest BCUT2D eigenvalue weighted by molar-refractivity contribution is -0.141. The molecule has 2 aliphatic rings. The molecule has 0 atom stereocenters. The standard InChI is InChI=1S/C13H24N2O/c1-11(2,3)15-9-13(6-7-13)8-14-12(4,5)10(15)16/h14H,6-9H2,1-5H3. The molecule has 2 rings (SSSR count). The zero-order valence-corrected chi connectivity index (χ0v) is 11.2. The Morgan fingerprint density at radius 1 is 1.25 bits per heavy atom. The van der Waals surface area contributed by atoms with E-state index in [1.54, 1.807) is 0 Å². The van der Waals surface area contributed by atoms with Crippen LogP contribution < -0.4 is 5.32 Å². The molecule has 1 N–H and O–H groups in total. The summed E-state index contributed by atoms with van der Waals surface area (Å²) in [5, 5.41) is 3.43. The first-order chi connectivity index (χ1) is 7.16. The molecule has 16 heavy (non-hydrogen) atoms. The summed E-state index contributed by atoms with van der Waals surface area (Å²) >= 11 is 0. The van der Waals surface area contributed by atoms with E-state index in [9.17, 15) is 4.79 Å². The number of amides is 1. The summed E-state index contributed by atoms with van der Waals surface area (Å²) in [5.74, 6) is 0.240. The fraction of sp³-hybridized carbons (Fsp3) is 0.923. The number of hydrogen-bond acceptors (Lipinski definition) is 2.